The van der Waals surface area contributed by atoms with Gasteiger partial charge < -0.3 is 0 Å². The average molecular weight is 164 g/mol. The predicted molar refractivity (Wildman–Crippen MR) is 48.3 cm³/mol. The van der Waals surface area contributed by atoms with Gasteiger partial charge in [0.05, 0.1) is 10.6 Å². The molecule has 11 heavy (non-hydrogen) atoms. The van der Waals surface area contributed by atoms with Crippen molar-refractivity contribution in [3.63, 3.8) is 0 Å². The van der Waals surface area contributed by atoms with Gasteiger partial charge in [-0.25, -0.2) is 0 Å². The van der Waals surface area contributed by atoms with Gasteiger partial charge in [-0.05, 0) is 18.2 Å². The molecule has 1 radical (unpaired) electrons. The van der Waals surface area contributed by atoms with Gasteiger partial charge in [-0.15, -0.1) is 0 Å². The fourth-order valence-electron chi connectivity index (χ4n) is 1.04. The Bertz CT molecular complexity index is 339. The summed E-state index contributed by atoms with van der Waals surface area (Å²) in [6.45, 7) is 0. The topological polar surface area (TPSA) is 14.1 Å². The molecule has 1 heterocycles. The minimum atomic E-state index is 0.733. The summed E-state index contributed by atoms with van der Waals surface area (Å²) in [4.78, 5) is 4.16. The van der Waals surface area contributed by atoms with Crippen molar-refractivity contribution in [3.05, 3.63) is 34.9 Å². The summed E-state index contributed by atoms with van der Waals surface area (Å²) in [6.07, 6.45) is 5.69. The molecule has 0 atom stereocenters. The van der Waals surface area contributed by atoms with E-state index >= 15 is 0 Å². The summed E-state index contributed by atoms with van der Waals surface area (Å²) in [5.41, 5.74) is 2.07. The molecule has 0 fully saturated rings. The molecular formula is C9H6ClN+. The van der Waals surface area contributed by atoms with Crippen LogP contribution in [0.25, 0.3) is 6.08 Å². The Kier molecular flexibility index (Phi) is 1.51. The molecule has 1 aliphatic rings. The van der Waals surface area contributed by atoms with Crippen LogP contribution in [-0.2, 0) is 0 Å². The lowest BCUT2D eigenvalue weighted by Gasteiger charge is -1.93. The minimum absolute atomic E-state index is 0.733. The van der Waals surface area contributed by atoms with E-state index in [4.69, 9.17) is 11.6 Å². The molecule has 0 aliphatic carbocycles. The highest BCUT2D eigenvalue weighted by molar-refractivity contribution is 6.30. The van der Waals surface area contributed by atoms with Gasteiger partial charge in [-0.1, -0.05) is 11.6 Å². The highest BCUT2D eigenvalue weighted by Gasteiger charge is 2.11. The standard InChI is InChI=1S/C9H6ClN/c10-8-4-3-7-2-1-5-11-9(7)6-8/h1-6H/q+1. The molecule has 0 amide bonds. The van der Waals surface area contributed by atoms with Crippen LogP contribution in [0.2, 0.25) is 5.02 Å². The van der Waals surface area contributed by atoms with E-state index in [1.807, 2.05) is 30.4 Å². The summed E-state index contributed by atoms with van der Waals surface area (Å²) in [5, 5.41) is 0.733. The summed E-state index contributed by atoms with van der Waals surface area (Å²) in [7, 11) is 0. The van der Waals surface area contributed by atoms with Crippen molar-refractivity contribution in [3.8, 4) is 0 Å². The fraction of sp³-hybridized carbons (Fsp3) is 0. The van der Waals surface area contributed by atoms with Gasteiger partial charge in [0.25, 0.3) is 5.69 Å². The molecule has 0 bridgehead atoms. The maximum Gasteiger partial charge on any atom is 0.285 e. The van der Waals surface area contributed by atoms with Crippen molar-refractivity contribution in [2.75, 3.05) is 0 Å². The smallest absolute Gasteiger partial charge is 0.0841 e. The van der Waals surface area contributed by atoms with Gasteiger partial charge in [-0.3, -0.25) is 0 Å². The SMILES string of the molecule is Clc1ccc2c(c1)[N+]=CC=C2. The number of fused-ring (bicyclic) bond motifs is 1. The van der Waals surface area contributed by atoms with E-state index in [9.17, 15) is 0 Å². The molecule has 2 heteroatoms. The Morgan fingerprint density at radius 1 is 1.27 bits per heavy atom. The van der Waals surface area contributed by atoms with Crippen molar-refractivity contribution < 1.29 is 0 Å². The van der Waals surface area contributed by atoms with Crippen LogP contribution in [0.5, 0.6) is 0 Å². The lowest BCUT2D eigenvalue weighted by molar-refractivity contribution is 1.37. The molecule has 0 aromatic heterocycles. The normalized spacial score (nSPS) is 13.2. The Morgan fingerprint density at radius 2 is 2.18 bits per heavy atom. The predicted octanol–water partition coefficient (Wildman–Crippen LogP) is 2.40. The van der Waals surface area contributed by atoms with E-state index in [2.05, 4.69) is 4.99 Å². The Balaban J connectivity index is 2.63. The third kappa shape index (κ3) is 1.19. The highest BCUT2D eigenvalue weighted by atomic mass is 35.5. The van der Waals surface area contributed by atoms with Crippen molar-refractivity contribution in [1.82, 2.24) is 4.99 Å². The van der Waals surface area contributed by atoms with E-state index in [1.54, 1.807) is 6.21 Å². The number of hydrogen-bond acceptors (Lipinski definition) is 1. The third-order valence-electron chi connectivity index (χ3n) is 1.57. The fourth-order valence-corrected chi connectivity index (χ4v) is 1.21. The maximum atomic E-state index is 5.78. The lowest BCUT2D eigenvalue weighted by atomic mass is 10.1. The van der Waals surface area contributed by atoms with Gasteiger partial charge in [0, 0.05) is 17.2 Å². The zero-order chi connectivity index (χ0) is 7.68. The summed E-state index contributed by atoms with van der Waals surface area (Å²) >= 11 is 5.78. The first-order valence-electron chi connectivity index (χ1n) is 3.36. The molecular weight excluding hydrogens is 158 g/mol. The molecule has 1 nitrogen and oxygen atoms in total. The number of hydrogen-bond donors (Lipinski definition) is 0. The minimum Gasteiger partial charge on any atom is -0.0841 e. The van der Waals surface area contributed by atoms with Crippen molar-refractivity contribution in [2.45, 2.75) is 0 Å². The second-order valence-electron chi connectivity index (χ2n) is 2.34. The first-order valence-corrected chi connectivity index (χ1v) is 3.74. The number of allylic oxidation sites excluding steroid dienone is 1. The van der Waals surface area contributed by atoms with Crippen LogP contribution in [0, 0.1) is 0 Å². The van der Waals surface area contributed by atoms with Crippen molar-refractivity contribution in [2.24, 2.45) is 0 Å². The van der Waals surface area contributed by atoms with E-state index in [0.717, 1.165) is 16.3 Å². The Hall–Kier alpha value is -1.08. The van der Waals surface area contributed by atoms with Crippen LogP contribution in [0.1, 0.15) is 5.56 Å². The van der Waals surface area contributed by atoms with Crippen LogP contribution >= 0.6 is 11.6 Å². The third-order valence-corrected chi connectivity index (χ3v) is 1.80. The molecule has 0 unspecified atom stereocenters. The van der Waals surface area contributed by atoms with Crippen LogP contribution in [0.4, 0.5) is 5.69 Å². The first-order chi connectivity index (χ1) is 5.36. The molecule has 0 N–H and O–H groups in total. The summed E-state index contributed by atoms with van der Waals surface area (Å²) in [6, 6.07) is 5.69. The zero-order valence-electron chi connectivity index (χ0n) is 5.79. The molecule has 53 valence electrons. The number of benzene rings is 1. The van der Waals surface area contributed by atoms with Gasteiger partial charge >= 0.3 is 0 Å². The summed E-state index contributed by atoms with van der Waals surface area (Å²) in [5.74, 6) is 0. The average Bonchev–Trinajstić information content (AvgIpc) is 2.04. The van der Waals surface area contributed by atoms with Crippen LogP contribution in [0.15, 0.2) is 24.3 Å². The quantitative estimate of drug-likeness (QED) is 0.558. The second-order valence-corrected chi connectivity index (χ2v) is 2.78. The zero-order valence-corrected chi connectivity index (χ0v) is 6.55. The van der Waals surface area contributed by atoms with Gasteiger partial charge in [-0.2, -0.15) is 0 Å². The molecule has 1 aromatic rings. The number of rotatable bonds is 0. The van der Waals surface area contributed by atoms with E-state index in [-0.39, 0.29) is 0 Å². The van der Waals surface area contributed by atoms with Crippen LogP contribution in [-0.4, -0.2) is 6.21 Å². The largest absolute Gasteiger partial charge is 0.285 e. The number of aliphatic imine (C=N–C) groups is 1. The Morgan fingerprint density at radius 3 is 3.09 bits per heavy atom. The number of halogens is 1. The van der Waals surface area contributed by atoms with E-state index in [0.29, 0.717) is 0 Å². The highest BCUT2D eigenvalue weighted by Crippen LogP contribution is 2.22. The van der Waals surface area contributed by atoms with Gasteiger partial charge in [0.1, 0.15) is 0 Å². The molecule has 1 aromatic carbocycles. The van der Waals surface area contributed by atoms with E-state index in [1.165, 1.54) is 0 Å². The molecule has 0 spiro atoms. The molecule has 0 saturated carbocycles. The number of nitrogens with zero attached hydrogens (tertiary/aromatic N) is 1. The van der Waals surface area contributed by atoms with Gasteiger partial charge in [0.2, 0.25) is 6.21 Å². The molecule has 2 rings (SSSR count). The van der Waals surface area contributed by atoms with Crippen LogP contribution in [0.3, 0.4) is 0 Å². The lowest BCUT2D eigenvalue weighted by Crippen LogP contribution is -1.90. The molecule has 0 saturated heterocycles. The monoisotopic (exact) mass is 163 g/mol. The second kappa shape index (κ2) is 2.51. The van der Waals surface area contributed by atoms with Crippen molar-refractivity contribution >= 4 is 29.6 Å². The molecule has 1 aliphatic heterocycles. The van der Waals surface area contributed by atoms with Crippen molar-refractivity contribution in [1.29, 1.82) is 0 Å². The first kappa shape index (κ1) is 6.62. The Labute approximate surface area is 70.0 Å². The van der Waals surface area contributed by atoms with Gasteiger partial charge in [0.15, 0.2) is 0 Å². The maximum absolute atomic E-state index is 5.78. The van der Waals surface area contributed by atoms with E-state index < -0.39 is 0 Å². The summed E-state index contributed by atoms with van der Waals surface area (Å²) < 4.78 is 0. The van der Waals surface area contributed by atoms with Crippen LogP contribution < -0.4 is 4.99 Å².